The zero-order chi connectivity index (χ0) is 24.6. The second-order valence-corrected chi connectivity index (χ2v) is 10.3. The highest BCUT2D eigenvalue weighted by Gasteiger charge is 2.27. The first-order chi connectivity index (χ1) is 16.8. The van der Waals surface area contributed by atoms with Crippen LogP contribution in [0, 0.1) is 0 Å². The Kier molecular flexibility index (Phi) is 5.98. The third-order valence-electron chi connectivity index (χ3n) is 5.61. The van der Waals surface area contributed by atoms with Crippen molar-refractivity contribution >= 4 is 28.2 Å². The summed E-state index contributed by atoms with van der Waals surface area (Å²) in [5.41, 5.74) is 2.27. The minimum Gasteiger partial charge on any atom is -0.444 e. The number of rotatable bonds is 3. The molecule has 0 spiro atoms. The van der Waals surface area contributed by atoms with E-state index in [2.05, 4.69) is 16.1 Å². The van der Waals surface area contributed by atoms with Crippen molar-refractivity contribution in [1.29, 1.82) is 0 Å². The number of ether oxygens (including phenoxy) is 1. The fraction of sp³-hybridized carbons (Fsp3) is 0.320. The summed E-state index contributed by atoms with van der Waals surface area (Å²) in [7, 11) is 0. The van der Waals surface area contributed by atoms with Gasteiger partial charge in [0, 0.05) is 50.2 Å². The summed E-state index contributed by atoms with van der Waals surface area (Å²) in [4.78, 5) is 38.2. The zero-order valence-corrected chi connectivity index (χ0v) is 20.7. The quantitative estimate of drug-likeness (QED) is 0.429. The van der Waals surface area contributed by atoms with E-state index in [1.54, 1.807) is 17.3 Å². The molecule has 0 bridgehead atoms. The monoisotopic (exact) mass is 490 g/mol. The summed E-state index contributed by atoms with van der Waals surface area (Å²) in [6.45, 7) is 7.71. The molecule has 1 amide bonds. The van der Waals surface area contributed by atoms with Crippen molar-refractivity contribution in [3.8, 4) is 21.7 Å². The Labute approximate surface area is 206 Å². The molecule has 1 aliphatic heterocycles. The van der Waals surface area contributed by atoms with Crippen molar-refractivity contribution in [3.05, 3.63) is 65.2 Å². The minimum atomic E-state index is -0.531. The molecule has 0 unspecified atom stereocenters. The number of anilines is 1. The van der Waals surface area contributed by atoms with Gasteiger partial charge in [0.2, 0.25) is 4.96 Å². The van der Waals surface area contributed by atoms with Gasteiger partial charge in [-0.2, -0.15) is 9.61 Å². The van der Waals surface area contributed by atoms with Gasteiger partial charge in [0.05, 0.1) is 0 Å². The van der Waals surface area contributed by atoms with Gasteiger partial charge in [0.1, 0.15) is 16.4 Å². The second kappa shape index (κ2) is 9.10. The number of amides is 1. The Balaban J connectivity index is 1.37. The van der Waals surface area contributed by atoms with Crippen molar-refractivity contribution in [3.63, 3.8) is 0 Å². The molecule has 3 aromatic heterocycles. The Bertz CT molecular complexity index is 1420. The number of nitrogens with zero attached hydrogens (tertiary/aromatic N) is 6. The summed E-state index contributed by atoms with van der Waals surface area (Å²) in [5.74, 6) is 0.597. The van der Waals surface area contributed by atoms with Crippen molar-refractivity contribution in [2.45, 2.75) is 26.4 Å². The van der Waals surface area contributed by atoms with Crippen LogP contribution >= 0.6 is 11.3 Å². The number of fused-ring (bicyclic) bond motifs is 1. The molecule has 9 nitrogen and oxygen atoms in total. The first-order valence-corrected chi connectivity index (χ1v) is 12.2. The molecule has 10 heteroatoms. The predicted octanol–water partition coefficient (Wildman–Crippen LogP) is 3.94. The average Bonchev–Trinajstić information content (AvgIpc) is 3.29. The lowest BCUT2D eigenvalue weighted by molar-refractivity contribution is 0.0240. The first-order valence-electron chi connectivity index (χ1n) is 11.4. The highest BCUT2D eigenvalue weighted by molar-refractivity contribution is 7.19. The number of piperazine rings is 1. The Hall–Kier alpha value is -3.79. The van der Waals surface area contributed by atoms with E-state index in [0.717, 1.165) is 21.7 Å². The number of hydrogen-bond acceptors (Lipinski definition) is 8. The van der Waals surface area contributed by atoms with Crippen LogP contribution in [0.3, 0.4) is 0 Å². The number of benzene rings is 1. The summed E-state index contributed by atoms with van der Waals surface area (Å²) in [5, 5.41) is 5.25. The van der Waals surface area contributed by atoms with Gasteiger partial charge in [-0.3, -0.25) is 9.78 Å². The van der Waals surface area contributed by atoms with Crippen molar-refractivity contribution in [2.75, 3.05) is 31.1 Å². The third-order valence-corrected chi connectivity index (χ3v) is 6.57. The van der Waals surface area contributed by atoms with Gasteiger partial charge in [-0.15, -0.1) is 0 Å². The maximum absolute atomic E-state index is 12.9. The highest BCUT2D eigenvalue weighted by atomic mass is 32.1. The van der Waals surface area contributed by atoms with Gasteiger partial charge in [-0.25, -0.2) is 9.78 Å². The lowest BCUT2D eigenvalue weighted by Gasteiger charge is -2.36. The molecule has 0 aliphatic carbocycles. The molecule has 0 saturated carbocycles. The molecule has 4 heterocycles. The molecule has 1 aromatic carbocycles. The first kappa shape index (κ1) is 23.0. The summed E-state index contributed by atoms with van der Waals surface area (Å²) in [6.07, 6.45) is 3.21. The van der Waals surface area contributed by atoms with Crippen LogP contribution in [0.2, 0.25) is 0 Å². The van der Waals surface area contributed by atoms with Crippen molar-refractivity contribution in [1.82, 2.24) is 24.5 Å². The normalized spacial score (nSPS) is 14.4. The summed E-state index contributed by atoms with van der Waals surface area (Å²) >= 11 is 1.38. The van der Waals surface area contributed by atoms with Crippen LogP contribution in [0.25, 0.3) is 26.7 Å². The molecule has 0 atom stereocenters. The molecule has 180 valence electrons. The largest absolute Gasteiger partial charge is 0.444 e. The van der Waals surface area contributed by atoms with Gasteiger partial charge in [-0.05, 0) is 50.1 Å². The fourth-order valence-electron chi connectivity index (χ4n) is 3.90. The van der Waals surface area contributed by atoms with Gasteiger partial charge < -0.3 is 14.5 Å². The SMILES string of the molecule is CC(C)(C)OC(=O)N1CCN(c2cc(=O)n3nc(-c4cccc(-c5ccncc5)c4)sc3n2)CC1. The van der Waals surface area contributed by atoms with Crippen LogP contribution in [-0.4, -0.2) is 62.4 Å². The zero-order valence-electron chi connectivity index (χ0n) is 19.8. The summed E-state index contributed by atoms with van der Waals surface area (Å²) in [6, 6.07) is 13.5. The minimum absolute atomic E-state index is 0.229. The van der Waals surface area contributed by atoms with E-state index in [9.17, 15) is 9.59 Å². The number of aromatic nitrogens is 4. The number of pyridine rings is 1. The van der Waals surface area contributed by atoms with Crippen LogP contribution in [0.1, 0.15) is 20.8 Å². The number of carbonyl (C=O) groups is 1. The smallest absolute Gasteiger partial charge is 0.410 e. The predicted molar refractivity (Wildman–Crippen MR) is 136 cm³/mol. The van der Waals surface area contributed by atoms with Crippen LogP contribution < -0.4 is 10.5 Å². The maximum atomic E-state index is 12.9. The van der Waals surface area contributed by atoms with E-state index in [4.69, 9.17) is 9.72 Å². The Morgan fingerprint density at radius 1 is 0.971 bits per heavy atom. The maximum Gasteiger partial charge on any atom is 0.410 e. The molecular weight excluding hydrogens is 464 g/mol. The van der Waals surface area contributed by atoms with Crippen molar-refractivity contribution < 1.29 is 9.53 Å². The van der Waals surface area contributed by atoms with E-state index in [-0.39, 0.29) is 11.7 Å². The topological polar surface area (TPSA) is 92.9 Å². The lowest BCUT2D eigenvalue weighted by atomic mass is 10.0. The second-order valence-electron chi connectivity index (χ2n) is 9.33. The van der Waals surface area contributed by atoms with Gasteiger partial charge in [0.25, 0.3) is 5.56 Å². The lowest BCUT2D eigenvalue weighted by Crippen LogP contribution is -2.50. The fourth-order valence-corrected chi connectivity index (χ4v) is 4.80. The molecular formula is C25H26N6O3S. The van der Waals surface area contributed by atoms with Crippen molar-refractivity contribution in [2.24, 2.45) is 0 Å². The Morgan fingerprint density at radius 3 is 2.40 bits per heavy atom. The average molecular weight is 491 g/mol. The Morgan fingerprint density at radius 2 is 1.69 bits per heavy atom. The molecule has 35 heavy (non-hydrogen) atoms. The van der Waals surface area contributed by atoms with Gasteiger partial charge >= 0.3 is 6.09 Å². The highest BCUT2D eigenvalue weighted by Crippen LogP contribution is 2.29. The molecule has 4 aromatic rings. The number of carbonyl (C=O) groups excluding carboxylic acids is 1. The third kappa shape index (κ3) is 5.02. The standard InChI is InChI=1S/C25H26N6O3S/c1-25(2,3)34-24(33)30-13-11-29(12-14-30)20-16-21(32)31-23(27-20)35-22(28-31)19-6-4-5-18(15-19)17-7-9-26-10-8-17/h4-10,15-16H,11-14H2,1-3H3. The van der Waals surface area contributed by atoms with Crippen LogP contribution in [0.15, 0.2) is 59.7 Å². The number of hydrogen-bond donors (Lipinski definition) is 0. The molecule has 5 rings (SSSR count). The van der Waals surface area contributed by atoms with Crippen LogP contribution in [-0.2, 0) is 4.74 Å². The van der Waals surface area contributed by atoms with E-state index in [1.165, 1.54) is 21.9 Å². The van der Waals surface area contributed by atoms with E-state index >= 15 is 0 Å². The molecule has 1 aliphatic rings. The summed E-state index contributed by atoms with van der Waals surface area (Å²) < 4.78 is 6.81. The van der Waals surface area contributed by atoms with E-state index in [0.29, 0.717) is 37.0 Å². The van der Waals surface area contributed by atoms with E-state index in [1.807, 2.05) is 56.0 Å². The molecule has 0 N–H and O–H groups in total. The van der Waals surface area contributed by atoms with Gasteiger partial charge in [0.15, 0.2) is 0 Å². The van der Waals surface area contributed by atoms with Crippen LogP contribution in [0.5, 0.6) is 0 Å². The molecule has 0 radical (unpaired) electrons. The van der Waals surface area contributed by atoms with Crippen LogP contribution in [0.4, 0.5) is 10.6 Å². The molecule has 1 fully saturated rings. The van der Waals surface area contributed by atoms with E-state index < -0.39 is 5.60 Å². The molecule has 1 saturated heterocycles. The van der Waals surface area contributed by atoms with Gasteiger partial charge in [-0.1, -0.05) is 29.5 Å².